The van der Waals surface area contributed by atoms with Crippen molar-refractivity contribution in [3.63, 3.8) is 0 Å². The zero-order chi connectivity index (χ0) is 19.3. The first-order valence-electron chi connectivity index (χ1n) is 9.56. The number of carbonyl (C=O) groups is 1. The summed E-state index contributed by atoms with van der Waals surface area (Å²) >= 11 is 0. The van der Waals surface area contributed by atoms with E-state index in [4.69, 9.17) is 5.10 Å². The number of nitrogens with one attached hydrogen (secondary N) is 1. The van der Waals surface area contributed by atoms with Gasteiger partial charge in [0.15, 0.2) is 5.65 Å². The average molecular weight is 370 g/mol. The Kier molecular flexibility index (Phi) is 5.15. The van der Waals surface area contributed by atoms with E-state index >= 15 is 0 Å². The van der Waals surface area contributed by atoms with Crippen LogP contribution in [0.2, 0.25) is 0 Å². The molecule has 2 aromatic heterocycles. The number of amides is 1. The summed E-state index contributed by atoms with van der Waals surface area (Å²) in [7, 11) is 0. The normalized spacial score (nSPS) is 10.9. The van der Waals surface area contributed by atoms with Crippen molar-refractivity contribution >= 4 is 11.6 Å². The second kappa shape index (κ2) is 8.05. The van der Waals surface area contributed by atoms with Crippen molar-refractivity contribution in [2.75, 3.05) is 6.54 Å². The maximum atomic E-state index is 12.6. The lowest BCUT2D eigenvalue weighted by atomic mass is 10.1. The van der Waals surface area contributed by atoms with Gasteiger partial charge < -0.3 is 5.32 Å². The third-order valence-corrected chi connectivity index (χ3v) is 4.61. The quantitative estimate of drug-likeness (QED) is 0.505. The number of rotatable bonds is 6. The highest BCUT2D eigenvalue weighted by Gasteiger charge is 2.16. The number of unbranched alkanes of at least 4 members (excludes halogenated alkanes) is 1. The van der Waals surface area contributed by atoms with Crippen LogP contribution in [0.1, 0.15) is 30.3 Å². The predicted octanol–water partition coefficient (Wildman–Crippen LogP) is 4.59. The molecule has 0 radical (unpaired) electrons. The fourth-order valence-electron chi connectivity index (χ4n) is 3.12. The van der Waals surface area contributed by atoms with Crippen LogP contribution in [0.5, 0.6) is 0 Å². The summed E-state index contributed by atoms with van der Waals surface area (Å²) in [6, 6.07) is 23.7. The third kappa shape index (κ3) is 3.64. The van der Waals surface area contributed by atoms with Crippen molar-refractivity contribution in [2.45, 2.75) is 19.8 Å². The Labute approximate surface area is 164 Å². The summed E-state index contributed by atoms with van der Waals surface area (Å²) in [6.07, 6.45) is 1.98. The Hall–Kier alpha value is -3.47. The molecule has 0 fully saturated rings. The lowest BCUT2D eigenvalue weighted by Gasteiger charge is -2.09. The lowest BCUT2D eigenvalue weighted by Crippen LogP contribution is -2.25. The number of hydrogen-bond acceptors (Lipinski definition) is 3. The van der Waals surface area contributed by atoms with Crippen LogP contribution in [-0.4, -0.2) is 27.0 Å². The highest BCUT2D eigenvalue weighted by molar-refractivity contribution is 5.94. The number of fused-ring (bicyclic) bond motifs is 1. The van der Waals surface area contributed by atoms with Gasteiger partial charge in [0.25, 0.3) is 5.91 Å². The van der Waals surface area contributed by atoms with Gasteiger partial charge in [0, 0.05) is 23.7 Å². The minimum Gasteiger partial charge on any atom is -0.351 e. The fourth-order valence-corrected chi connectivity index (χ4v) is 3.12. The molecule has 28 heavy (non-hydrogen) atoms. The molecule has 5 heteroatoms. The van der Waals surface area contributed by atoms with Crippen molar-refractivity contribution < 1.29 is 4.79 Å². The van der Waals surface area contributed by atoms with E-state index in [9.17, 15) is 4.79 Å². The van der Waals surface area contributed by atoms with E-state index in [0.29, 0.717) is 17.9 Å². The molecular weight excluding hydrogens is 348 g/mol. The van der Waals surface area contributed by atoms with E-state index in [1.165, 1.54) is 0 Å². The van der Waals surface area contributed by atoms with Crippen molar-refractivity contribution in [3.8, 4) is 22.5 Å². The number of carbonyl (C=O) groups excluding carboxylic acids is 1. The first-order valence-corrected chi connectivity index (χ1v) is 9.56. The predicted molar refractivity (Wildman–Crippen MR) is 111 cm³/mol. The highest BCUT2D eigenvalue weighted by atomic mass is 16.1. The Morgan fingerprint density at radius 2 is 1.64 bits per heavy atom. The Bertz CT molecular complexity index is 1090. The van der Waals surface area contributed by atoms with E-state index < -0.39 is 0 Å². The first-order chi connectivity index (χ1) is 13.8. The lowest BCUT2D eigenvalue weighted by molar-refractivity contribution is 0.0948. The largest absolute Gasteiger partial charge is 0.351 e. The third-order valence-electron chi connectivity index (χ3n) is 4.61. The minimum atomic E-state index is -0.157. The molecule has 0 aliphatic heterocycles. The van der Waals surface area contributed by atoms with E-state index in [1.54, 1.807) is 4.52 Å². The second-order valence-corrected chi connectivity index (χ2v) is 6.67. The fraction of sp³-hybridized carbons (Fsp3) is 0.174. The highest BCUT2D eigenvalue weighted by Crippen LogP contribution is 2.25. The van der Waals surface area contributed by atoms with Crippen LogP contribution in [0.15, 0.2) is 72.8 Å². The van der Waals surface area contributed by atoms with Gasteiger partial charge in [-0.2, -0.15) is 5.10 Å². The molecule has 1 N–H and O–H groups in total. The maximum Gasteiger partial charge on any atom is 0.270 e. The zero-order valence-electron chi connectivity index (χ0n) is 15.8. The summed E-state index contributed by atoms with van der Waals surface area (Å²) in [6.45, 7) is 2.75. The molecule has 0 aliphatic carbocycles. The SMILES string of the molecule is CCCCNC(=O)c1cc(-c2ccccc2)n2nc(-c3ccccc3)cc2n1. The van der Waals surface area contributed by atoms with Gasteiger partial charge in [0.05, 0.1) is 11.4 Å². The molecule has 0 unspecified atom stereocenters. The van der Waals surface area contributed by atoms with E-state index in [-0.39, 0.29) is 5.91 Å². The number of benzene rings is 2. The van der Waals surface area contributed by atoms with E-state index in [1.807, 2.05) is 72.8 Å². The Balaban J connectivity index is 1.83. The van der Waals surface area contributed by atoms with Gasteiger partial charge >= 0.3 is 0 Å². The molecule has 0 saturated heterocycles. The first kappa shape index (κ1) is 17.9. The Morgan fingerprint density at radius 1 is 0.964 bits per heavy atom. The van der Waals surface area contributed by atoms with Gasteiger partial charge in [-0.05, 0) is 12.5 Å². The van der Waals surface area contributed by atoms with Gasteiger partial charge in [-0.25, -0.2) is 9.50 Å². The molecule has 4 aromatic rings. The van der Waals surface area contributed by atoms with E-state index in [0.717, 1.165) is 35.4 Å². The molecule has 0 atom stereocenters. The number of aromatic nitrogens is 3. The van der Waals surface area contributed by atoms with Crippen LogP contribution < -0.4 is 5.32 Å². The summed E-state index contributed by atoms with van der Waals surface area (Å²) < 4.78 is 1.81. The van der Waals surface area contributed by atoms with Crippen LogP contribution in [0.25, 0.3) is 28.2 Å². The summed E-state index contributed by atoms with van der Waals surface area (Å²) in [5.74, 6) is -0.157. The summed E-state index contributed by atoms with van der Waals surface area (Å²) in [5.41, 5.74) is 4.73. The number of nitrogens with zero attached hydrogens (tertiary/aromatic N) is 3. The minimum absolute atomic E-state index is 0.157. The van der Waals surface area contributed by atoms with Crippen molar-refractivity contribution in [1.82, 2.24) is 19.9 Å². The van der Waals surface area contributed by atoms with Gasteiger partial charge in [0.1, 0.15) is 5.69 Å². The average Bonchev–Trinajstić information content (AvgIpc) is 3.19. The molecule has 0 aliphatic rings. The van der Waals surface area contributed by atoms with Gasteiger partial charge in [0.2, 0.25) is 0 Å². The molecule has 140 valence electrons. The second-order valence-electron chi connectivity index (χ2n) is 6.67. The van der Waals surface area contributed by atoms with E-state index in [2.05, 4.69) is 17.2 Å². The smallest absolute Gasteiger partial charge is 0.270 e. The van der Waals surface area contributed by atoms with Crippen LogP contribution in [0.4, 0.5) is 0 Å². The topological polar surface area (TPSA) is 59.3 Å². The molecule has 5 nitrogen and oxygen atoms in total. The molecule has 1 amide bonds. The van der Waals surface area contributed by atoms with Crippen molar-refractivity contribution in [2.24, 2.45) is 0 Å². The molecular formula is C23H22N4O. The molecule has 4 rings (SSSR count). The summed E-state index contributed by atoms with van der Waals surface area (Å²) in [4.78, 5) is 17.2. The van der Waals surface area contributed by atoms with Gasteiger partial charge in [-0.1, -0.05) is 74.0 Å². The van der Waals surface area contributed by atoms with Gasteiger partial charge in [-0.3, -0.25) is 4.79 Å². The summed E-state index contributed by atoms with van der Waals surface area (Å²) in [5, 5.41) is 7.71. The Morgan fingerprint density at radius 3 is 2.32 bits per heavy atom. The molecule has 0 bridgehead atoms. The molecule has 2 heterocycles. The standard InChI is InChI=1S/C23H22N4O/c1-2-3-14-24-23(28)20-15-21(18-12-8-5-9-13-18)27-22(25-20)16-19(26-27)17-10-6-4-7-11-17/h4-13,15-16H,2-3,14H2,1H3,(H,24,28). The van der Waals surface area contributed by atoms with Crippen LogP contribution in [0.3, 0.4) is 0 Å². The van der Waals surface area contributed by atoms with Crippen molar-refractivity contribution in [3.05, 3.63) is 78.5 Å². The maximum absolute atomic E-state index is 12.6. The van der Waals surface area contributed by atoms with Crippen LogP contribution in [-0.2, 0) is 0 Å². The van der Waals surface area contributed by atoms with Crippen LogP contribution >= 0.6 is 0 Å². The van der Waals surface area contributed by atoms with Crippen molar-refractivity contribution in [1.29, 1.82) is 0 Å². The molecule has 2 aromatic carbocycles. The zero-order valence-corrected chi connectivity index (χ0v) is 15.8. The molecule has 0 spiro atoms. The molecule has 0 saturated carbocycles. The van der Waals surface area contributed by atoms with Gasteiger partial charge in [-0.15, -0.1) is 0 Å². The monoisotopic (exact) mass is 370 g/mol. The van der Waals surface area contributed by atoms with Crippen LogP contribution in [0, 0.1) is 0 Å². The number of hydrogen-bond donors (Lipinski definition) is 1.